The zero-order valence-corrected chi connectivity index (χ0v) is 22.4. The van der Waals surface area contributed by atoms with Crippen molar-refractivity contribution < 1.29 is 19.4 Å². The van der Waals surface area contributed by atoms with Gasteiger partial charge in [0.05, 0.1) is 16.6 Å². The van der Waals surface area contributed by atoms with Crippen LogP contribution in [0.4, 0.5) is 5.82 Å². The maximum atomic E-state index is 13.4. The Morgan fingerprint density at radius 2 is 2.03 bits per heavy atom. The van der Waals surface area contributed by atoms with Gasteiger partial charge in [-0.3, -0.25) is 23.7 Å². The molecule has 2 aromatic heterocycles. The number of amides is 1. The highest BCUT2D eigenvalue weighted by Crippen LogP contribution is 2.33. The van der Waals surface area contributed by atoms with E-state index in [1.165, 1.54) is 9.30 Å². The Morgan fingerprint density at radius 1 is 1.25 bits per heavy atom. The first-order valence-corrected chi connectivity index (χ1v) is 13.3. The molecule has 3 rings (SSSR count). The summed E-state index contributed by atoms with van der Waals surface area (Å²) < 4.78 is 7.50. The molecule has 36 heavy (non-hydrogen) atoms. The maximum absolute atomic E-state index is 13.4. The lowest BCUT2D eigenvalue weighted by Gasteiger charge is -2.14. The summed E-state index contributed by atoms with van der Waals surface area (Å²) in [6, 6.07) is 3.68. The van der Waals surface area contributed by atoms with E-state index in [4.69, 9.17) is 22.1 Å². The van der Waals surface area contributed by atoms with E-state index < -0.39 is 5.97 Å². The predicted octanol–water partition coefficient (Wildman–Crippen LogP) is 4.08. The monoisotopic (exact) mass is 532 g/mol. The number of unbranched alkanes of at least 4 members (excludes halogenated alkanes) is 2. The molecule has 11 heteroatoms. The number of thiocarbonyl (C=S) groups is 1. The minimum atomic E-state index is -0.828. The minimum Gasteiger partial charge on any atom is -0.481 e. The number of carboxylic acids is 1. The Hall–Kier alpha value is -2.76. The number of rotatable bonds is 13. The van der Waals surface area contributed by atoms with Gasteiger partial charge in [0.25, 0.3) is 11.5 Å². The fourth-order valence-electron chi connectivity index (χ4n) is 3.67. The van der Waals surface area contributed by atoms with Gasteiger partial charge in [0.15, 0.2) is 0 Å². The SMILES string of the molecule is Cc1ccc2nc(NCCCOC(C)C)c(/C=C3\SC(=S)N(CCCCCC(=O)O)C3=O)c(=O)n2c1. The van der Waals surface area contributed by atoms with E-state index in [1.807, 2.05) is 26.8 Å². The lowest BCUT2D eigenvalue weighted by Crippen LogP contribution is -2.29. The summed E-state index contributed by atoms with van der Waals surface area (Å²) >= 11 is 6.57. The van der Waals surface area contributed by atoms with Gasteiger partial charge in [-0.25, -0.2) is 4.98 Å². The first-order valence-electron chi connectivity index (χ1n) is 12.0. The minimum absolute atomic E-state index is 0.107. The number of carboxylic acid groups (broad SMARTS) is 1. The second-order valence-electron chi connectivity index (χ2n) is 8.85. The van der Waals surface area contributed by atoms with E-state index in [0.29, 0.717) is 65.2 Å². The maximum Gasteiger partial charge on any atom is 0.303 e. The van der Waals surface area contributed by atoms with Gasteiger partial charge in [-0.05, 0) is 57.7 Å². The van der Waals surface area contributed by atoms with Crippen LogP contribution >= 0.6 is 24.0 Å². The van der Waals surface area contributed by atoms with Crippen LogP contribution in [0.1, 0.15) is 57.1 Å². The molecule has 0 atom stereocenters. The molecule has 0 aromatic carbocycles. The molecule has 3 heterocycles. The van der Waals surface area contributed by atoms with Crippen LogP contribution in [0.3, 0.4) is 0 Å². The number of nitrogens with one attached hydrogen (secondary N) is 1. The molecule has 2 N–H and O–H groups in total. The number of carbonyl (C=O) groups is 2. The molecule has 1 amide bonds. The standard InChI is InChI=1S/C25H32N4O5S2/c1-16(2)34-13-7-11-26-22-18(23(32)29-15-17(3)9-10-20(29)27-22)14-19-24(33)28(25(35)36-19)12-6-4-5-8-21(30)31/h9-10,14-16,26H,4-8,11-13H2,1-3H3,(H,30,31)/b19-14-. The first-order chi connectivity index (χ1) is 17.2. The molecule has 0 saturated carbocycles. The highest BCUT2D eigenvalue weighted by Gasteiger charge is 2.32. The molecule has 0 aliphatic carbocycles. The number of anilines is 1. The number of hydrogen-bond donors (Lipinski definition) is 2. The lowest BCUT2D eigenvalue weighted by atomic mass is 10.2. The van der Waals surface area contributed by atoms with Gasteiger partial charge in [-0.15, -0.1) is 0 Å². The molecular formula is C25H32N4O5S2. The number of hydrogen-bond acceptors (Lipinski definition) is 8. The van der Waals surface area contributed by atoms with Crippen molar-refractivity contribution >= 4 is 57.7 Å². The van der Waals surface area contributed by atoms with Gasteiger partial charge in [-0.1, -0.05) is 36.5 Å². The Morgan fingerprint density at radius 3 is 2.75 bits per heavy atom. The summed E-state index contributed by atoms with van der Waals surface area (Å²) in [5.41, 5.74) is 1.45. The molecule has 0 unspecified atom stereocenters. The third-order valence-electron chi connectivity index (χ3n) is 5.49. The van der Waals surface area contributed by atoms with E-state index in [0.717, 1.165) is 23.7 Å². The van der Waals surface area contributed by atoms with Gasteiger partial charge in [-0.2, -0.15) is 0 Å². The molecule has 0 spiro atoms. The first kappa shape index (κ1) is 27.8. The van der Waals surface area contributed by atoms with Gasteiger partial charge < -0.3 is 15.2 Å². The zero-order chi connectivity index (χ0) is 26.2. The second-order valence-corrected chi connectivity index (χ2v) is 10.5. The normalized spacial score (nSPS) is 15.0. The zero-order valence-electron chi connectivity index (χ0n) is 20.8. The van der Waals surface area contributed by atoms with Crippen molar-refractivity contribution in [3.63, 3.8) is 0 Å². The van der Waals surface area contributed by atoms with Crippen LogP contribution in [-0.4, -0.2) is 61.4 Å². The Bertz CT molecular complexity index is 1220. The summed E-state index contributed by atoms with van der Waals surface area (Å²) in [4.78, 5) is 43.7. The fraction of sp³-hybridized carbons (Fsp3) is 0.480. The molecule has 1 aliphatic rings. The summed E-state index contributed by atoms with van der Waals surface area (Å²) in [6.45, 7) is 7.40. The van der Waals surface area contributed by atoms with E-state index in [1.54, 1.807) is 18.3 Å². The van der Waals surface area contributed by atoms with Crippen molar-refractivity contribution in [3.05, 3.63) is 44.7 Å². The van der Waals surface area contributed by atoms with Crippen molar-refractivity contribution in [1.29, 1.82) is 0 Å². The molecule has 2 aromatic rings. The highest BCUT2D eigenvalue weighted by molar-refractivity contribution is 8.26. The predicted molar refractivity (Wildman–Crippen MR) is 146 cm³/mol. The van der Waals surface area contributed by atoms with Crippen molar-refractivity contribution in [1.82, 2.24) is 14.3 Å². The number of aliphatic carboxylic acids is 1. The van der Waals surface area contributed by atoms with Crippen LogP contribution in [-0.2, 0) is 14.3 Å². The second kappa shape index (κ2) is 13.0. The van der Waals surface area contributed by atoms with E-state index in [-0.39, 0.29) is 24.0 Å². The van der Waals surface area contributed by atoms with Crippen molar-refractivity contribution in [2.24, 2.45) is 0 Å². The summed E-state index contributed by atoms with van der Waals surface area (Å²) in [7, 11) is 0. The van der Waals surface area contributed by atoms with E-state index in [2.05, 4.69) is 10.3 Å². The number of nitrogens with zero attached hydrogens (tertiary/aromatic N) is 3. The van der Waals surface area contributed by atoms with E-state index in [9.17, 15) is 14.4 Å². The topological polar surface area (TPSA) is 113 Å². The number of carbonyl (C=O) groups excluding carboxylic acids is 1. The molecular weight excluding hydrogens is 500 g/mol. The van der Waals surface area contributed by atoms with Crippen LogP contribution in [0.2, 0.25) is 0 Å². The summed E-state index contributed by atoms with van der Waals surface area (Å²) in [5, 5.41) is 12.0. The molecule has 1 aliphatic heterocycles. The van der Waals surface area contributed by atoms with Crippen LogP contribution in [0.25, 0.3) is 11.7 Å². The Labute approximate surface area is 219 Å². The van der Waals surface area contributed by atoms with Crippen LogP contribution < -0.4 is 10.9 Å². The van der Waals surface area contributed by atoms with Crippen LogP contribution in [0.15, 0.2) is 28.0 Å². The molecule has 9 nitrogen and oxygen atoms in total. The molecule has 194 valence electrons. The summed E-state index contributed by atoms with van der Waals surface area (Å²) in [5.74, 6) is -0.675. The quantitative estimate of drug-likeness (QED) is 0.224. The number of pyridine rings is 1. The number of fused-ring (bicyclic) bond motifs is 1. The van der Waals surface area contributed by atoms with Crippen molar-refractivity contribution in [2.45, 2.75) is 59.0 Å². The number of aromatic nitrogens is 2. The third kappa shape index (κ3) is 7.37. The third-order valence-corrected chi connectivity index (χ3v) is 6.87. The molecule has 1 fully saturated rings. The van der Waals surface area contributed by atoms with Gasteiger partial charge in [0.1, 0.15) is 15.8 Å². The van der Waals surface area contributed by atoms with Crippen LogP contribution in [0, 0.1) is 6.92 Å². The number of aryl methyl sites for hydroxylation is 1. The number of thioether (sulfide) groups is 1. The molecule has 0 bridgehead atoms. The Kier molecular flexibility index (Phi) is 10.0. The summed E-state index contributed by atoms with van der Waals surface area (Å²) in [6.07, 6.45) is 6.17. The largest absolute Gasteiger partial charge is 0.481 e. The van der Waals surface area contributed by atoms with Crippen molar-refractivity contribution in [2.75, 3.05) is 25.0 Å². The van der Waals surface area contributed by atoms with Crippen LogP contribution in [0.5, 0.6) is 0 Å². The van der Waals surface area contributed by atoms with Gasteiger partial charge in [0, 0.05) is 32.3 Å². The van der Waals surface area contributed by atoms with Gasteiger partial charge in [0.2, 0.25) is 0 Å². The average Bonchev–Trinajstić information content (AvgIpc) is 3.08. The lowest BCUT2D eigenvalue weighted by molar-refractivity contribution is -0.137. The number of ether oxygens (including phenoxy) is 1. The van der Waals surface area contributed by atoms with Crippen molar-refractivity contribution in [3.8, 4) is 0 Å². The fourth-order valence-corrected chi connectivity index (χ4v) is 4.96. The van der Waals surface area contributed by atoms with E-state index >= 15 is 0 Å². The van der Waals surface area contributed by atoms with Gasteiger partial charge >= 0.3 is 5.97 Å². The molecule has 0 radical (unpaired) electrons. The molecule has 1 saturated heterocycles. The highest BCUT2D eigenvalue weighted by atomic mass is 32.2. The Balaban J connectivity index is 1.83. The smallest absolute Gasteiger partial charge is 0.303 e. The average molecular weight is 533 g/mol.